The molecule has 0 amide bonds. The monoisotopic (exact) mass is 216 g/mol. The van der Waals surface area contributed by atoms with Crippen molar-refractivity contribution in [2.24, 2.45) is 0 Å². The summed E-state index contributed by atoms with van der Waals surface area (Å²) in [4.78, 5) is 0. The average Bonchev–Trinajstić information content (AvgIpc) is 1.89. The zero-order valence-electron chi connectivity index (χ0n) is 5.27. The van der Waals surface area contributed by atoms with Crippen LogP contribution in [0.3, 0.4) is 0 Å². The molecule has 0 aromatic heterocycles. The summed E-state index contributed by atoms with van der Waals surface area (Å²) in [7, 11) is 0. The molecule has 1 rings (SSSR count). The van der Waals surface area contributed by atoms with Crippen LogP contribution < -0.4 is 0 Å². The average molecular weight is 216 g/mol. The van der Waals surface area contributed by atoms with E-state index in [4.69, 9.17) is 0 Å². The van der Waals surface area contributed by atoms with Crippen LogP contribution in [0.1, 0.15) is 5.56 Å². The van der Waals surface area contributed by atoms with Gasteiger partial charge in [-0.2, -0.15) is 18.2 Å². The van der Waals surface area contributed by atoms with Crippen molar-refractivity contribution in [3.05, 3.63) is 35.6 Å². The fourth-order valence-corrected chi connectivity index (χ4v) is 0.548. The predicted molar refractivity (Wildman–Crippen MR) is 30.0 cm³/mol. The van der Waals surface area contributed by atoms with Gasteiger partial charge in [0.2, 0.25) is 0 Å². The van der Waals surface area contributed by atoms with Crippen molar-refractivity contribution in [3.63, 3.8) is 0 Å². The number of rotatable bonds is 1. The number of hydrogen-bond donors (Lipinski definition) is 0. The van der Waals surface area contributed by atoms with E-state index in [0.717, 1.165) is 0 Å². The Labute approximate surface area is 83.5 Å². The number of benzene rings is 1. The van der Waals surface area contributed by atoms with Gasteiger partial charge in [-0.05, 0) is 0 Å². The molecule has 0 atom stereocenters. The van der Waals surface area contributed by atoms with Crippen LogP contribution in [-0.2, 0) is 39.4 Å². The Morgan fingerprint density at radius 2 is 2.20 bits per heavy atom. The van der Waals surface area contributed by atoms with Gasteiger partial charge in [-0.15, -0.1) is 6.07 Å². The van der Waals surface area contributed by atoms with Gasteiger partial charge in [0.25, 0.3) is 0 Å². The Morgan fingerprint density at radius 1 is 1.50 bits per heavy atom. The summed E-state index contributed by atoms with van der Waals surface area (Å²) in [6.45, 7) is -0.761. The maximum atomic E-state index is 12.3. The number of hydrogen-bond acceptors (Lipinski definition) is 0. The van der Waals surface area contributed by atoms with Gasteiger partial charge in [0.05, 0.1) is 6.67 Å². The van der Waals surface area contributed by atoms with Crippen molar-refractivity contribution < 1.29 is 41.5 Å². The molecule has 0 N–H and O–H groups in total. The largest absolute Gasteiger partial charge is 0.260 e. The fraction of sp³-hybridized carbons (Fsp3) is 0.143. The van der Waals surface area contributed by atoms with Gasteiger partial charge in [-0.25, -0.2) is 4.39 Å². The second-order valence-electron chi connectivity index (χ2n) is 1.65. The van der Waals surface area contributed by atoms with Crippen LogP contribution in [0, 0.1) is 11.9 Å². The minimum Gasteiger partial charge on any atom is -0.260 e. The van der Waals surface area contributed by atoms with Crippen LogP contribution in [0.25, 0.3) is 0 Å². The van der Waals surface area contributed by atoms with Crippen LogP contribution in [-0.4, -0.2) is 0 Å². The molecule has 0 aliphatic carbocycles. The van der Waals surface area contributed by atoms with E-state index in [1.807, 2.05) is 0 Å². The Hall–Kier alpha value is 0.184. The molecule has 0 fully saturated rings. The predicted octanol–water partition coefficient (Wildman–Crippen LogP) is 2.09. The van der Waals surface area contributed by atoms with Crippen molar-refractivity contribution in [1.82, 2.24) is 0 Å². The van der Waals surface area contributed by atoms with Gasteiger partial charge in [-0.1, -0.05) is 5.56 Å². The first-order valence-corrected chi connectivity index (χ1v) is 2.55. The quantitative estimate of drug-likeness (QED) is 0.630. The summed E-state index contributed by atoms with van der Waals surface area (Å²) < 4.78 is 24.1. The van der Waals surface area contributed by atoms with E-state index in [9.17, 15) is 8.78 Å². The van der Waals surface area contributed by atoms with E-state index in [1.54, 1.807) is 0 Å². The fourth-order valence-electron chi connectivity index (χ4n) is 0.548. The molecule has 3 heteroatoms. The summed E-state index contributed by atoms with van der Waals surface area (Å²) in [5, 5.41) is 0. The van der Waals surface area contributed by atoms with Crippen LogP contribution in [0.4, 0.5) is 8.78 Å². The molecular weight excluding hydrogens is 211 g/mol. The third kappa shape index (κ3) is 2.43. The first-order chi connectivity index (χ1) is 4.34. The first kappa shape index (κ1) is 10.2. The van der Waals surface area contributed by atoms with Crippen molar-refractivity contribution in [2.75, 3.05) is 0 Å². The normalized spacial score (nSPS) is 8.60. The second kappa shape index (κ2) is 4.92. The van der Waals surface area contributed by atoms with Gasteiger partial charge in [-0.3, -0.25) is 4.39 Å². The van der Waals surface area contributed by atoms with Crippen LogP contribution >= 0.6 is 0 Å². The van der Waals surface area contributed by atoms with Gasteiger partial charge >= 0.3 is 0 Å². The summed E-state index contributed by atoms with van der Waals surface area (Å²) in [6.07, 6.45) is 0. The van der Waals surface area contributed by atoms with E-state index < -0.39 is 12.5 Å². The minimum absolute atomic E-state index is 0. The van der Waals surface area contributed by atoms with Crippen molar-refractivity contribution in [1.29, 1.82) is 0 Å². The minimum atomic E-state index is -0.761. The molecule has 10 heavy (non-hydrogen) atoms. The summed E-state index contributed by atoms with van der Waals surface area (Å²) in [6, 6.07) is 6.47. The van der Waals surface area contributed by atoms with E-state index in [-0.39, 0.29) is 38.3 Å². The Kier molecular flexibility index (Phi) is 5.01. The van der Waals surface area contributed by atoms with Crippen LogP contribution in [0.5, 0.6) is 0 Å². The van der Waals surface area contributed by atoms with E-state index >= 15 is 0 Å². The number of halogens is 2. The molecule has 1 aromatic carbocycles. The second-order valence-corrected chi connectivity index (χ2v) is 1.65. The topological polar surface area (TPSA) is 0 Å². The molecule has 0 aliphatic heterocycles. The van der Waals surface area contributed by atoms with E-state index in [2.05, 4.69) is 6.07 Å². The molecule has 0 bridgehead atoms. The standard InChI is InChI=1S/C7H5F2.Y/c8-5-6-3-1-2-4-7(6)9;/h2-4H,5H2;/q-1;. The van der Waals surface area contributed by atoms with Crippen molar-refractivity contribution >= 4 is 0 Å². The third-order valence-electron chi connectivity index (χ3n) is 1.03. The summed E-state index contributed by atoms with van der Waals surface area (Å²) in [5.41, 5.74) is 0.0671. The van der Waals surface area contributed by atoms with Crippen LogP contribution in [0.15, 0.2) is 18.2 Å². The van der Waals surface area contributed by atoms with Crippen molar-refractivity contribution in [2.45, 2.75) is 6.67 Å². The molecule has 1 aromatic rings. The smallest absolute Gasteiger partial charge is 0.0730 e. The molecule has 0 aliphatic rings. The van der Waals surface area contributed by atoms with Crippen LogP contribution in [0.2, 0.25) is 0 Å². The van der Waals surface area contributed by atoms with E-state index in [0.29, 0.717) is 0 Å². The van der Waals surface area contributed by atoms with Gasteiger partial charge < -0.3 is 0 Å². The maximum absolute atomic E-state index is 12.3. The van der Waals surface area contributed by atoms with E-state index in [1.165, 1.54) is 18.2 Å². The Balaban J connectivity index is 0.000000810. The Bertz CT molecular complexity index is 201. The molecule has 0 heterocycles. The SMILES string of the molecule is FCc1c[c-]ccc1F.[Y]. The maximum Gasteiger partial charge on any atom is 0.0730 e. The molecule has 0 saturated carbocycles. The molecule has 0 saturated heterocycles. The summed E-state index contributed by atoms with van der Waals surface area (Å²) >= 11 is 0. The molecule has 0 nitrogen and oxygen atoms in total. The Morgan fingerprint density at radius 3 is 2.60 bits per heavy atom. The first-order valence-electron chi connectivity index (χ1n) is 2.55. The molecule has 0 unspecified atom stereocenters. The molecular formula is C7H5F2Y-. The zero-order chi connectivity index (χ0) is 6.69. The van der Waals surface area contributed by atoms with Gasteiger partial charge in [0.1, 0.15) is 0 Å². The van der Waals surface area contributed by atoms with Gasteiger partial charge in [0.15, 0.2) is 0 Å². The van der Waals surface area contributed by atoms with Gasteiger partial charge in [0, 0.05) is 38.5 Å². The zero-order valence-corrected chi connectivity index (χ0v) is 8.11. The molecule has 0 spiro atoms. The number of alkyl halides is 1. The molecule has 51 valence electrons. The third-order valence-corrected chi connectivity index (χ3v) is 1.03. The van der Waals surface area contributed by atoms with Crippen molar-refractivity contribution in [3.8, 4) is 0 Å². The summed E-state index contributed by atoms with van der Waals surface area (Å²) in [5.74, 6) is -0.503. The molecule has 1 radical (unpaired) electrons.